The maximum absolute atomic E-state index is 12.5. The lowest BCUT2D eigenvalue weighted by Crippen LogP contribution is -2.33. The van der Waals surface area contributed by atoms with Gasteiger partial charge < -0.3 is 9.15 Å². The first-order valence-corrected chi connectivity index (χ1v) is 9.83. The van der Waals surface area contributed by atoms with Crippen LogP contribution < -0.4 is 10.4 Å². The van der Waals surface area contributed by atoms with E-state index in [0.717, 1.165) is 5.56 Å². The lowest BCUT2D eigenvalue weighted by atomic mass is 10.2. The predicted octanol–water partition coefficient (Wildman–Crippen LogP) is 1.97. The maximum Gasteiger partial charge on any atom is 0.339 e. The van der Waals surface area contributed by atoms with Crippen LogP contribution in [-0.2, 0) is 16.4 Å². The number of hydrogen-bond donors (Lipinski definition) is 0. The van der Waals surface area contributed by atoms with Gasteiger partial charge in [0.05, 0.1) is 18.4 Å². The van der Waals surface area contributed by atoms with E-state index in [4.69, 9.17) is 9.15 Å². The second-order valence-corrected chi connectivity index (χ2v) is 8.25. The van der Waals surface area contributed by atoms with Crippen molar-refractivity contribution in [3.05, 3.63) is 64.2 Å². The lowest BCUT2D eigenvalue weighted by Gasteiger charge is -2.17. The van der Waals surface area contributed by atoms with Crippen molar-refractivity contribution < 1.29 is 17.6 Å². The monoisotopic (exact) mass is 363 g/mol. The SMILES string of the molecule is Cc1cc(OC2CCN(S(=O)(=O)CCc3ccccc3)C2)cc(=O)o1. The number of ether oxygens (including phenoxy) is 1. The Labute approximate surface area is 147 Å². The fourth-order valence-electron chi connectivity index (χ4n) is 2.90. The highest BCUT2D eigenvalue weighted by Gasteiger charge is 2.32. The first-order chi connectivity index (χ1) is 11.9. The van der Waals surface area contributed by atoms with Gasteiger partial charge >= 0.3 is 5.63 Å². The van der Waals surface area contributed by atoms with Crippen LogP contribution in [0.3, 0.4) is 0 Å². The van der Waals surface area contributed by atoms with Gasteiger partial charge in [0.25, 0.3) is 0 Å². The summed E-state index contributed by atoms with van der Waals surface area (Å²) >= 11 is 0. The summed E-state index contributed by atoms with van der Waals surface area (Å²) in [6, 6.07) is 12.5. The van der Waals surface area contributed by atoms with Gasteiger partial charge in [0.2, 0.25) is 10.0 Å². The molecule has 134 valence electrons. The Hall–Kier alpha value is -2.12. The molecule has 1 aliphatic heterocycles. The molecule has 0 spiro atoms. The van der Waals surface area contributed by atoms with Crippen molar-refractivity contribution in [3.8, 4) is 5.75 Å². The zero-order valence-electron chi connectivity index (χ0n) is 14.1. The summed E-state index contributed by atoms with van der Waals surface area (Å²) in [5.41, 5.74) is 0.532. The van der Waals surface area contributed by atoms with Crippen molar-refractivity contribution in [1.29, 1.82) is 0 Å². The number of aryl methyl sites for hydroxylation is 2. The summed E-state index contributed by atoms with van der Waals surface area (Å²) in [4.78, 5) is 11.4. The van der Waals surface area contributed by atoms with Crippen LogP contribution in [0.1, 0.15) is 17.7 Å². The molecule has 2 aromatic rings. The molecule has 1 aromatic heterocycles. The van der Waals surface area contributed by atoms with Crippen LogP contribution in [0.5, 0.6) is 5.75 Å². The summed E-state index contributed by atoms with van der Waals surface area (Å²) in [5, 5.41) is 0. The van der Waals surface area contributed by atoms with Crippen LogP contribution in [0.2, 0.25) is 0 Å². The van der Waals surface area contributed by atoms with Crippen LogP contribution in [0.25, 0.3) is 0 Å². The zero-order valence-corrected chi connectivity index (χ0v) is 14.9. The van der Waals surface area contributed by atoms with Crippen molar-refractivity contribution in [2.24, 2.45) is 0 Å². The molecule has 0 bridgehead atoms. The van der Waals surface area contributed by atoms with Gasteiger partial charge in [0.1, 0.15) is 17.6 Å². The first-order valence-electron chi connectivity index (χ1n) is 8.22. The van der Waals surface area contributed by atoms with E-state index in [1.165, 1.54) is 10.4 Å². The van der Waals surface area contributed by atoms with Gasteiger partial charge in [-0.05, 0) is 25.3 Å². The van der Waals surface area contributed by atoms with Gasteiger partial charge in [0.15, 0.2) is 0 Å². The number of nitrogens with zero attached hydrogens (tertiary/aromatic N) is 1. The molecule has 0 amide bonds. The lowest BCUT2D eigenvalue weighted by molar-refractivity contribution is 0.213. The Morgan fingerprint density at radius 1 is 1.24 bits per heavy atom. The van der Waals surface area contributed by atoms with Gasteiger partial charge in [-0.15, -0.1) is 0 Å². The topological polar surface area (TPSA) is 76.8 Å². The molecule has 25 heavy (non-hydrogen) atoms. The van der Waals surface area contributed by atoms with Crippen molar-refractivity contribution in [2.75, 3.05) is 18.8 Å². The second kappa shape index (κ2) is 7.41. The molecular formula is C18H21NO5S. The third-order valence-corrected chi connectivity index (χ3v) is 6.00. The van der Waals surface area contributed by atoms with E-state index in [9.17, 15) is 13.2 Å². The smallest absolute Gasteiger partial charge is 0.339 e. The molecule has 1 aromatic carbocycles. The van der Waals surface area contributed by atoms with E-state index < -0.39 is 15.6 Å². The Bertz CT molecular complexity index is 876. The summed E-state index contributed by atoms with van der Waals surface area (Å²) in [6.45, 7) is 2.40. The molecule has 6 nitrogen and oxygen atoms in total. The van der Waals surface area contributed by atoms with E-state index in [2.05, 4.69) is 0 Å². The molecule has 1 unspecified atom stereocenters. The minimum atomic E-state index is -3.33. The van der Waals surface area contributed by atoms with E-state index in [0.29, 0.717) is 37.4 Å². The fraction of sp³-hybridized carbons (Fsp3) is 0.389. The molecule has 1 aliphatic rings. The number of sulfonamides is 1. The highest BCUT2D eigenvalue weighted by atomic mass is 32.2. The average Bonchev–Trinajstić information content (AvgIpc) is 3.02. The van der Waals surface area contributed by atoms with E-state index in [1.807, 2.05) is 30.3 Å². The first kappa shape index (κ1) is 17.7. The standard InChI is InChI=1S/C18H21NO5S/c1-14-11-17(12-18(20)23-14)24-16-7-9-19(13-16)25(21,22)10-8-15-5-3-2-4-6-15/h2-6,11-12,16H,7-10,13H2,1H3. The third-order valence-electron chi connectivity index (χ3n) is 4.16. The molecular weight excluding hydrogens is 342 g/mol. The van der Waals surface area contributed by atoms with E-state index in [-0.39, 0.29) is 11.9 Å². The van der Waals surface area contributed by atoms with Gasteiger partial charge in [-0.2, -0.15) is 4.31 Å². The Morgan fingerprint density at radius 3 is 2.72 bits per heavy atom. The molecule has 2 heterocycles. The highest BCUT2D eigenvalue weighted by Crippen LogP contribution is 2.21. The predicted molar refractivity (Wildman–Crippen MR) is 94.3 cm³/mol. The highest BCUT2D eigenvalue weighted by molar-refractivity contribution is 7.89. The number of rotatable bonds is 6. The number of benzene rings is 1. The van der Waals surface area contributed by atoms with Crippen LogP contribution in [-0.4, -0.2) is 37.7 Å². The molecule has 0 radical (unpaired) electrons. The minimum absolute atomic E-state index is 0.0811. The molecule has 3 rings (SSSR count). The average molecular weight is 363 g/mol. The molecule has 0 saturated carbocycles. The summed E-state index contributed by atoms with van der Waals surface area (Å²) in [7, 11) is -3.33. The zero-order chi connectivity index (χ0) is 17.9. The molecule has 1 atom stereocenters. The fourth-order valence-corrected chi connectivity index (χ4v) is 4.43. The van der Waals surface area contributed by atoms with Crippen LogP contribution in [0, 0.1) is 6.92 Å². The van der Waals surface area contributed by atoms with Crippen LogP contribution in [0.15, 0.2) is 51.7 Å². The second-order valence-electron chi connectivity index (χ2n) is 6.16. The van der Waals surface area contributed by atoms with Crippen molar-refractivity contribution >= 4 is 10.0 Å². The van der Waals surface area contributed by atoms with E-state index in [1.54, 1.807) is 13.0 Å². The minimum Gasteiger partial charge on any atom is -0.489 e. The molecule has 7 heteroatoms. The van der Waals surface area contributed by atoms with Gasteiger partial charge in [-0.1, -0.05) is 30.3 Å². The Balaban J connectivity index is 1.58. The Morgan fingerprint density at radius 2 is 2.00 bits per heavy atom. The summed E-state index contributed by atoms with van der Waals surface area (Å²) in [5.74, 6) is 0.965. The molecule has 1 fully saturated rings. The number of hydrogen-bond acceptors (Lipinski definition) is 5. The molecule has 0 aliphatic carbocycles. The largest absolute Gasteiger partial charge is 0.489 e. The van der Waals surface area contributed by atoms with Gasteiger partial charge in [-0.25, -0.2) is 13.2 Å². The molecule has 0 N–H and O–H groups in total. The van der Waals surface area contributed by atoms with Crippen molar-refractivity contribution in [3.63, 3.8) is 0 Å². The van der Waals surface area contributed by atoms with Gasteiger partial charge in [-0.3, -0.25) is 0 Å². The van der Waals surface area contributed by atoms with Crippen molar-refractivity contribution in [2.45, 2.75) is 25.9 Å². The third kappa shape index (κ3) is 4.70. The van der Waals surface area contributed by atoms with Crippen LogP contribution in [0.4, 0.5) is 0 Å². The van der Waals surface area contributed by atoms with Gasteiger partial charge in [0, 0.05) is 12.6 Å². The molecule has 1 saturated heterocycles. The Kier molecular flexibility index (Phi) is 5.24. The summed E-state index contributed by atoms with van der Waals surface area (Å²) < 4.78 is 37.2. The van der Waals surface area contributed by atoms with E-state index >= 15 is 0 Å². The normalized spacial score (nSPS) is 18.4. The summed E-state index contributed by atoms with van der Waals surface area (Å²) in [6.07, 6.45) is 0.834. The maximum atomic E-state index is 12.5. The quantitative estimate of drug-likeness (QED) is 0.784. The van der Waals surface area contributed by atoms with Crippen molar-refractivity contribution in [1.82, 2.24) is 4.31 Å². The van der Waals surface area contributed by atoms with Crippen LogP contribution >= 0.6 is 0 Å².